The summed E-state index contributed by atoms with van der Waals surface area (Å²) in [5.41, 5.74) is 4.84. The average Bonchev–Trinajstić information content (AvgIpc) is 3.53. The van der Waals surface area contributed by atoms with Gasteiger partial charge in [-0.25, -0.2) is 19.4 Å². The van der Waals surface area contributed by atoms with Crippen LogP contribution in [0.2, 0.25) is 0 Å². The molecule has 2 fully saturated rings. The minimum absolute atomic E-state index is 0.252. The van der Waals surface area contributed by atoms with Crippen LogP contribution in [0.3, 0.4) is 0 Å². The number of benzene rings is 3. The summed E-state index contributed by atoms with van der Waals surface area (Å²) in [5, 5.41) is 11.7. The fourth-order valence-electron chi connectivity index (χ4n) is 6.14. The first-order chi connectivity index (χ1) is 22.2. The molecule has 3 aromatic carbocycles. The third-order valence-electron chi connectivity index (χ3n) is 8.59. The van der Waals surface area contributed by atoms with E-state index in [-0.39, 0.29) is 12.1 Å². The number of nitrogens with one attached hydrogen (secondary N) is 2. The fraction of sp³-hybridized carbons (Fsp3) is 0.314. The van der Waals surface area contributed by atoms with Gasteiger partial charge in [-0.05, 0) is 48.2 Å². The molecule has 2 N–H and O–H groups in total. The van der Waals surface area contributed by atoms with Crippen LogP contribution in [-0.4, -0.2) is 70.1 Å². The first kappa shape index (κ1) is 28.9. The van der Waals surface area contributed by atoms with Gasteiger partial charge in [-0.2, -0.15) is 5.10 Å². The van der Waals surface area contributed by atoms with Crippen molar-refractivity contribution in [1.29, 1.82) is 0 Å². The summed E-state index contributed by atoms with van der Waals surface area (Å²) in [6.07, 6.45) is 3.96. The second-order valence-corrected chi connectivity index (χ2v) is 11.7. The first-order valence-corrected chi connectivity index (χ1v) is 15.7. The summed E-state index contributed by atoms with van der Waals surface area (Å²) in [6.45, 7) is 6.35. The van der Waals surface area contributed by atoms with Gasteiger partial charge in [0.2, 0.25) is 0 Å². The number of piperidine rings is 1. The monoisotopic (exact) mass is 602 g/mol. The Morgan fingerprint density at radius 3 is 2.22 bits per heavy atom. The van der Waals surface area contributed by atoms with E-state index in [1.54, 1.807) is 0 Å². The van der Waals surface area contributed by atoms with Crippen LogP contribution in [0.15, 0.2) is 91.1 Å². The lowest BCUT2D eigenvalue weighted by Gasteiger charge is -2.32. The van der Waals surface area contributed by atoms with Gasteiger partial charge < -0.3 is 20.3 Å². The highest BCUT2D eigenvalue weighted by atomic mass is 16.5. The Kier molecular flexibility index (Phi) is 8.65. The molecule has 230 valence electrons. The molecule has 2 aliphatic heterocycles. The number of ether oxygens (including phenoxy) is 1. The predicted molar refractivity (Wildman–Crippen MR) is 176 cm³/mol. The van der Waals surface area contributed by atoms with E-state index in [4.69, 9.17) is 19.8 Å². The van der Waals surface area contributed by atoms with Crippen LogP contribution in [0.4, 0.5) is 16.3 Å². The summed E-state index contributed by atoms with van der Waals surface area (Å²) < 4.78 is 7.76. The molecule has 0 bridgehead atoms. The Morgan fingerprint density at radius 2 is 1.51 bits per heavy atom. The Hall–Kier alpha value is -4.80. The molecule has 0 saturated carbocycles. The number of carbonyl (C=O) groups is 1. The van der Waals surface area contributed by atoms with E-state index in [9.17, 15) is 4.79 Å². The number of amides is 2. The van der Waals surface area contributed by atoms with E-state index in [0.717, 1.165) is 73.5 Å². The molecule has 0 spiro atoms. The molecular weight excluding hydrogens is 564 g/mol. The van der Waals surface area contributed by atoms with Crippen molar-refractivity contribution < 1.29 is 9.53 Å². The lowest BCUT2D eigenvalue weighted by Crippen LogP contribution is -2.37. The Balaban J connectivity index is 1.10. The lowest BCUT2D eigenvalue weighted by molar-refractivity contribution is 0.122. The van der Waals surface area contributed by atoms with Crippen molar-refractivity contribution in [2.45, 2.75) is 32.0 Å². The van der Waals surface area contributed by atoms with Crippen LogP contribution < -0.4 is 15.5 Å². The normalized spacial score (nSPS) is 16.1. The first-order valence-electron chi connectivity index (χ1n) is 15.7. The molecule has 2 aliphatic rings. The molecule has 45 heavy (non-hydrogen) atoms. The second kappa shape index (κ2) is 13.5. The maximum atomic E-state index is 12.5. The third kappa shape index (κ3) is 6.82. The Morgan fingerprint density at radius 1 is 0.822 bits per heavy atom. The van der Waals surface area contributed by atoms with Crippen molar-refractivity contribution in [2.75, 3.05) is 49.6 Å². The molecule has 10 heteroatoms. The molecule has 2 aromatic heterocycles. The van der Waals surface area contributed by atoms with Crippen molar-refractivity contribution in [3.05, 3.63) is 102 Å². The number of fused-ring (bicyclic) bond motifs is 1. The number of morpholine rings is 1. The van der Waals surface area contributed by atoms with Gasteiger partial charge in [0.15, 0.2) is 11.5 Å². The van der Waals surface area contributed by atoms with Gasteiger partial charge in [0.25, 0.3) is 0 Å². The second-order valence-electron chi connectivity index (χ2n) is 11.7. The predicted octanol–water partition coefficient (Wildman–Crippen LogP) is 5.49. The summed E-state index contributed by atoms with van der Waals surface area (Å²) in [6, 6.07) is 28.2. The van der Waals surface area contributed by atoms with E-state index >= 15 is 0 Å². The maximum absolute atomic E-state index is 12.5. The van der Waals surface area contributed by atoms with Crippen LogP contribution in [0.5, 0.6) is 0 Å². The molecule has 0 radical (unpaired) electrons. The van der Waals surface area contributed by atoms with Crippen molar-refractivity contribution in [1.82, 2.24) is 30.0 Å². The molecule has 0 unspecified atom stereocenters. The van der Waals surface area contributed by atoms with Crippen molar-refractivity contribution in [2.24, 2.45) is 0 Å². The number of rotatable bonds is 8. The van der Waals surface area contributed by atoms with Gasteiger partial charge in [0.1, 0.15) is 5.82 Å². The number of nitrogens with zero attached hydrogens (tertiary/aromatic N) is 6. The van der Waals surface area contributed by atoms with E-state index in [1.165, 1.54) is 5.56 Å². The highest BCUT2D eigenvalue weighted by Gasteiger charge is 2.26. The van der Waals surface area contributed by atoms with Crippen molar-refractivity contribution in [3.8, 4) is 11.4 Å². The molecule has 0 atom stereocenters. The van der Waals surface area contributed by atoms with Crippen molar-refractivity contribution >= 4 is 28.6 Å². The van der Waals surface area contributed by atoms with E-state index in [0.29, 0.717) is 31.3 Å². The van der Waals surface area contributed by atoms with Gasteiger partial charge >= 0.3 is 6.03 Å². The standard InChI is InChI=1S/C35H38N8O2/c44-35(36-23-26-7-3-1-4-8-26)38-29-13-11-28(12-14-29)32-39-33(42-19-21-45-22-20-42)31-24-37-43(34(31)40-32)30-15-17-41(18-16-30)25-27-9-5-2-6-10-27/h1-14,24,30H,15-23,25H2,(H2,36,38,44). The van der Waals surface area contributed by atoms with Crippen LogP contribution >= 0.6 is 0 Å². The van der Waals surface area contributed by atoms with Crippen LogP contribution in [-0.2, 0) is 17.8 Å². The van der Waals surface area contributed by atoms with Crippen molar-refractivity contribution in [3.63, 3.8) is 0 Å². The van der Waals surface area contributed by atoms with Gasteiger partial charge in [0.05, 0.1) is 30.8 Å². The number of urea groups is 1. The number of hydrogen-bond acceptors (Lipinski definition) is 7. The number of carbonyl (C=O) groups excluding carboxylic acids is 1. The Bertz CT molecular complexity index is 1710. The number of likely N-dealkylation sites (tertiary alicyclic amines) is 1. The summed E-state index contributed by atoms with van der Waals surface area (Å²) >= 11 is 0. The molecule has 10 nitrogen and oxygen atoms in total. The zero-order valence-electron chi connectivity index (χ0n) is 25.3. The number of aromatic nitrogens is 4. The van der Waals surface area contributed by atoms with Gasteiger partial charge in [-0.15, -0.1) is 0 Å². The van der Waals surface area contributed by atoms with Gasteiger partial charge in [0, 0.05) is 50.5 Å². The zero-order chi connectivity index (χ0) is 30.4. The molecule has 4 heterocycles. The van der Waals surface area contributed by atoms with Crippen LogP contribution in [0.25, 0.3) is 22.4 Å². The Labute approximate surface area is 263 Å². The zero-order valence-corrected chi connectivity index (χ0v) is 25.3. The van der Waals surface area contributed by atoms with Crippen LogP contribution in [0.1, 0.15) is 30.0 Å². The third-order valence-corrected chi connectivity index (χ3v) is 8.59. The molecule has 7 rings (SSSR count). The van der Waals surface area contributed by atoms with E-state index in [1.807, 2.05) is 60.8 Å². The quantitative estimate of drug-likeness (QED) is 0.242. The van der Waals surface area contributed by atoms with Crippen LogP contribution in [0, 0.1) is 0 Å². The minimum atomic E-state index is -0.252. The lowest BCUT2D eigenvalue weighted by atomic mass is 10.0. The molecular formula is C35H38N8O2. The molecule has 2 amide bonds. The number of anilines is 2. The highest BCUT2D eigenvalue weighted by molar-refractivity contribution is 5.90. The maximum Gasteiger partial charge on any atom is 0.319 e. The fourth-order valence-corrected chi connectivity index (χ4v) is 6.14. The van der Waals surface area contributed by atoms with Gasteiger partial charge in [-0.1, -0.05) is 60.7 Å². The SMILES string of the molecule is O=C(NCc1ccccc1)Nc1ccc(-c2nc(N3CCOCC3)c3cnn(C4CCN(Cc5ccccc5)CC4)c3n2)cc1. The summed E-state index contributed by atoms with van der Waals surface area (Å²) in [4.78, 5) is 27.5. The van der Waals surface area contributed by atoms with E-state index < -0.39 is 0 Å². The smallest absolute Gasteiger partial charge is 0.319 e. The minimum Gasteiger partial charge on any atom is -0.378 e. The van der Waals surface area contributed by atoms with E-state index in [2.05, 4.69) is 55.4 Å². The molecule has 2 saturated heterocycles. The largest absolute Gasteiger partial charge is 0.378 e. The topological polar surface area (TPSA) is 100 Å². The summed E-state index contributed by atoms with van der Waals surface area (Å²) in [7, 11) is 0. The molecule has 5 aromatic rings. The average molecular weight is 603 g/mol. The molecule has 0 aliphatic carbocycles. The summed E-state index contributed by atoms with van der Waals surface area (Å²) in [5.74, 6) is 1.54. The highest BCUT2D eigenvalue weighted by Crippen LogP contribution is 2.32. The van der Waals surface area contributed by atoms with Gasteiger partial charge in [-0.3, -0.25) is 4.90 Å². The number of hydrogen-bond donors (Lipinski definition) is 2.